The van der Waals surface area contributed by atoms with E-state index < -0.39 is 24.2 Å². The molecule has 2 atom stereocenters. The van der Waals surface area contributed by atoms with Crippen molar-refractivity contribution in [2.75, 3.05) is 14.1 Å². The molecular formula is C21H32N2O5. The van der Waals surface area contributed by atoms with Gasteiger partial charge in [-0.25, -0.2) is 9.59 Å². The van der Waals surface area contributed by atoms with Crippen LogP contribution in [0, 0.1) is 11.8 Å². The summed E-state index contributed by atoms with van der Waals surface area (Å²) in [6, 6.07) is 8.54. The molecule has 0 bridgehead atoms. The van der Waals surface area contributed by atoms with Crippen LogP contribution in [0.25, 0.3) is 0 Å². The molecule has 0 saturated carbocycles. The SMILES string of the molecule is CC(C)C[C@H](OC(=O)N[C@H](C(=O)N(C)C)C(C)C)C(=O)OCc1ccccc1. The van der Waals surface area contributed by atoms with Crippen LogP contribution in [0.15, 0.2) is 30.3 Å². The number of amides is 2. The summed E-state index contributed by atoms with van der Waals surface area (Å²) in [5.74, 6) is -0.853. The maximum absolute atomic E-state index is 12.4. The molecule has 2 amide bonds. The van der Waals surface area contributed by atoms with Crippen LogP contribution >= 0.6 is 0 Å². The third kappa shape index (κ3) is 7.98. The molecule has 7 nitrogen and oxygen atoms in total. The summed E-state index contributed by atoms with van der Waals surface area (Å²) in [7, 11) is 3.24. The molecule has 0 unspecified atom stereocenters. The van der Waals surface area contributed by atoms with Crippen molar-refractivity contribution in [3.63, 3.8) is 0 Å². The van der Waals surface area contributed by atoms with Gasteiger partial charge in [-0.1, -0.05) is 58.0 Å². The fourth-order valence-corrected chi connectivity index (χ4v) is 2.52. The molecular weight excluding hydrogens is 360 g/mol. The van der Waals surface area contributed by atoms with E-state index in [0.717, 1.165) is 5.56 Å². The highest BCUT2D eigenvalue weighted by Gasteiger charge is 2.30. The molecule has 0 radical (unpaired) electrons. The Morgan fingerprint density at radius 1 is 1.04 bits per heavy atom. The molecule has 1 N–H and O–H groups in total. The Kier molecular flexibility index (Phi) is 9.48. The van der Waals surface area contributed by atoms with E-state index in [1.807, 2.05) is 58.0 Å². The van der Waals surface area contributed by atoms with Gasteiger partial charge in [0.25, 0.3) is 0 Å². The number of alkyl carbamates (subject to hydrolysis) is 1. The average molecular weight is 392 g/mol. The summed E-state index contributed by atoms with van der Waals surface area (Å²) in [5, 5.41) is 2.57. The van der Waals surface area contributed by atoms with Crippen molar-refractivity contribution in [2.45, 2.75) is 52.9 Å². The van der Waals surface area contributed by atoms with Gasteiger partial charge in [-0.3, -0.25) is 4.79 Å². The van der Waals surface area contributed by atoms with Crippen LogP contribution in [0.5, 0.6) is 0 Å². The Hall–Kier alpha value is -2.57. The number of ether oxygens (including phenoxy) is 2. The van der Waals surface area contributed by atoms with E-state index in [-0.39, 0.29) is 24.3 Å². The largest absolute Gasteiger partial charge is 0.458 e. The summed E-state index contributed by atoms with van der Waals surface area (Å²) in [6.45, 7) is 7.60. The van der Waals surface area contributed by atoms with Crippen molar-refractivity contribution in [3.05, 3.63) is 35.9 Å². The van der Waals surface area contributed by atoms with Gasteiger partial charge in [-0.05, 0) is 23.8 Å². The minimum Gasteiger partial charge on any atom is -0.458 e. The molecule has 0 aromatic heterocycles. The van der Waals surface area contributed by atoms with E-state index in [4.69, 9.17) is 9.47 Å². The Bertz CT molecular complexity index is 643. The van der Waals surface area contributed by atoms with Crippen LogP contribution in [-0.2, 0) is 25.7 Å². The van der Waals surface area contributed by atoms with Crippen molar-refractivity contribution in [2.24, 2.45) is 11.8 Å². The predicted octanol–water partition coefficient (Wildman–Crippen LogP) is 2.98. The lowest BCUT2D eigenvalue weighted by Gasteiger charge is -2.25. The van der Waals surface area contributed by atoms with E-state index in [2.05, 4.69) is 5.32 Å². The molecule has 0 aliphatic rings. The highest BCUT2D eigenvalue weighted by molar-refractivity contribution is 5.86. The fourth-order valence-electron chi connectivity index (χ4n) is 2.52. The van der Waals surface area contributed by atoms with Crippen LogP contribution in [0.1, 0.15) is 39.7 Å². The van der Waals surface area contributed by atoms with Gasteiger partial charge in [0, 0.05) is 14.1 Å². The normalized spacial score (nSPS) is 13.0. The Balaban J connectivity index is 2.74. The molecule has 1 aromatic carbocycles. The van der Waals surface area contributed by atoms with E-state index in [9.17, 15) is 14.4 Å². The van der Waals surface area contributed by atoms with E-state index in [1.165, 1.54) is 4.90 Å². The molecule has 1 rings (SSSR count). The molecule has 7 heteroatoms. The Morgan fingerprint density at radius 3 is 2.14 bits per heavy atom. The third-order valence-corrected chi connectivity index (χ3v) is 4.07. The first kappa shape index (κ1) is 23.5. The first-order chi connectivity index (χ1) is 13.1. The van der Waals surface area contributed by atoms with Gasteiger partial charge in [0.15, 0.2) is 0 Å². The highest BCUT2D eigenvalue weighted by atomic mass is 16.6. The van der Waals surface area contributed by atoms with Gasteiger partial charge in [-0.2, -0.15) is 0 Å². The standard InChI is InChI=1S/C21H32N2O5/c1-14(2)12-17(20(25)27-13-16-10-8-7-9-11-16)28-21(26)22-18(15(3)4)19(24)23(5)6/h7-11,14-15,17-18H,12-13H2,1-6H3,(H,22,26)/t17-,18-/m0/s1. The predicted molar refractivity (Wildman–Crippen MR) is 106 cm³/mol. The second kappa shape index (κ2) is 11.3. The number of hydrogen-bond acceptors (Lipinski definition) is 5. The van der Waals surface area contributed by atoms with E-state index >= 15 is 0 Å². The van der Waals surface area contributed by atoms with Crippen molar-refractivity contribution >= 4 is 18.0 Å². The van der Waals surface area contributed by atoms with Gasteiger partial charge in [0.1, 0.15) is 12.6 Å². The quantitative estimate of drug-likeness (QED) is 0.653. The zero-order valence-corrected chi connectivity index (χ0v) is 17.6. The molecule has 156 valence electrons. The van der Waals surface area contributed by atoms with Gasteiger partial charge in [0.2, 0.25) is 12.0 Å². The highest BCUT2D eigenvalue weighted by Crippen LogP contribution is 2.13. The molecule has 1 aromatic rings. The van der Waals surface area contributed by atoms with E-state index in [1.54, 1.807) is 14.1 Å². The molecule has 0 aliphatic carbocycles. The lowest BCUT2D eigenvalue weighted by molar-refractivity contribution is -0.156. The minimum absolute atomic E-state index is 0.104. The second-order valence-corrected chi connectivity index (χ2v) is 7.72. The Morgan fingerprint density at radius 2 is 1.64 bits per heavy atom. The molecule has 28 heavy (non-hydrogen) atoms. The number of carbonyl (C=O) groups is 3. The van der Waals surface area contributed by atoms with Gasteiger partial charge in [-0.15, -0.1) is 0 Å². The van der Waals surface area contributed by atoms with Crippen LogP contribution in [0.3, 0.4) is 0 Å². The molecule has 0 spiro atoms. The summed E-state index contributed by atoms with van der Waals surface area (Å²) in [5.41, 5.74) is 0.847. The number of nitrogens with zero attached hydrogens (tertiary/aromatic N) is 1. The topological polar surface area (TPSA) is 84.9 Å². The molecule has 0 aliphatic heterocycles. The number of carbonyl (C=O) groups excluding carboxylic acids is 3. The first-order valence-corrected chi connectivity index (χ1v) is 9.50. The van der Waals surface area contributed by atoms with Crippen molar-refractivity contribution < 1.29 is 23.9 Å². The summed E-state index contributed by atoms with van der Waals surface area (Å²) in [6.07, 6.45) is -1.52. The maximum atomic E-state index is 12.4. The van der Waals surface area contributed by atoms with Crippen molar-refractivity contribution in [1.82, 2.24) is 10.2 Å². The smallest absolute Gasteiger partial charge is 0.408 e. The monoisotopic (exact) mass is 392 g/mol. The number of hydrogen-bond donors (Lipinski definition) is 1. The average Bonchev–Trinajstić information content (AvgIpc) is 2.63. The second-order valence-electron chi connectivity index (χ2n) is 7.72. The fraction of sp³-hybridized carbons (Fsp3) is 0.571. The zero-order chi connectivity index (χ0) is 21.3. The van der Waals surface area contributed by atoms with Crippen LogP contribution in [0.2, 0.25) is 0 Å². The van der Waals surface area contributed by atoms with Crippen LogP contribution < -0.4 is 5.32 Å². The number of nitrogens with one attached hydrogen (secondary N) is 1. The lowest BCUT2D eigenvalue weighted by atomic mass is 10.0. The Labute approximate surface area is 167 Å². The van der Waals surface area contributed by atoms with Gasteiger partial charge >= 0.3 is 12.1 Å². The maximum Gasteiger partial charge on any atom is 0.408 e. The van der Waals surface area contributed by atoms with E-state index in [0.29, 0.717) is 6.42 Å². The lowest BCUT2D eigenvalue weighted by Crippen LogP contribution is -2.50. The number of esters is 1. The number of rotatable bonds is 9. The summed E-state index contributed by atoms with van der Waals surface area (Å²) >= 11 is 0. The summed E-state index contributed by atoms with van der Waals surface area (Å²) < 4.78 is 10.6. The van der Waals surface area contributed by atoms with Gasteiger partial charge < -0.3 is 19.7 Å². The van der Waals surface area contributed by atoms with Crippen molar-refractivity contribution in [1.29, 1.82) is 0 Å². The van der Waals surface area contributed by atoms with Crippen LogP contribution in [0.4, 0.5) is 4.79 Å². The molecule has 0 saturated heterocycles. The molecule has 0 fully saturated rings. The van der Waals surface area contributed by atoms with Gasteiger partial charge in [0.05, 0.1) is 0 Å². The third-order valence-electron chi connectivity index (χ3n) is 4.07. The van der Waals surface area contributed by atoms with Crippen LogP contribution in [-0.4, -0.2) is 49.1 Å². The number of likely N-dealkylation sites (N-methyl/N-ethyl adjacent to an activating group) is 1. The number of benzene rings is 1. The first-order valence-electron chi connectivity index (χ1n) is 9.50. The zero-order valence-electron chi connectivity index (χ0n) is 17.6. The molecule has 0 heterocycles. The van der Waals surface area contributed by atoms with Crippen molar-refractivity contribution in [3.8, 4) is 0 Å². The minimum atomic E-state index is -1.04. The summed E-state index contributed by atoms with van der Waals surface area (Å²) in [4.78, 5) is 38.4.